The Morgan fingerprint density at radius 1 is 1.06 bits per heavy atom. The Kier molecular flexibility index (Phi) is 5.36. The lowest BCUT2D eigenvalue weighted by Gasteiger charge is -2.48. The van der Waals surface area contributed by atoms with Gasteiger partial charge in [-0.1, -0.05) is 6.42 Å². The van der Waals surface area contributed by atoms with Gasteiger partial charge < -0.3 is 9.64 Å². The summed E-state index contributed by atoms with van der Waals surface area (Å²) in [6, 6.07) is 7.83. The summed E-state index contributed by atoms with van der Waals surface area (Å²) in [7, 11) is 0. The number of piperidine rings is 1. The number of nitrogens with zero attached hydrogens (tertiary/aromatic N) is 4. The third kappa shape index (κ3) is 3.77. The zero-order valence-electron chi connectivity index (χ0n) is 19.1. The lowest BCUT2D eigenvalue weighted by molar-refractivity contribution is -0.136. The molecule has 0 bridgehead atoms. The van der Waals surface area contributed by atoms with Crippen molar-refractivity contribution in [3.8, 4) is 5.75 Å². The average molecular weight is 464 g/mol. The van der Waals surface area contributed by atoms with Crippen LogP contribution in [0.15, 0.2) is 36.7 Å². The second-order valence-electron chi connectivity index (χ2n) is 9.82. The van der Waals surface area contributed by atoms with Crippen molar-refractivity contribution in [3.63, 3.8) is 0 Å². The number of benzene rings is 1. The van der Waals surface area contributed by atoms with E-state index in [2.05, 4.69) is 15.3 Å². The van der Waals surface area contributed by atoms with Gasteiger partial charge in [-0.05, 0) is 55.5 Å². The van der Waals surface area contributed by atoms with Gasteiger partial charge in [0.15, 0.2) is 0 Å². The van der Waals surface area contributed by atoms with Crippen LogP contribution in [0.25, 0.3) is 0 Å². The molecule has 3 atom stereocenters. The lowest BCUT2D eigenvalue weighted by atomic mass is 9.88. The maximum atomic E-state index is 12.9. The second-order valence-corrected chi connectivity index (χ2v) is 9.82. The number of rotatable bonds is 5. The molecule has 2 aromatic rings. The highest BCUT2D eigenvalue weighted by Crippen LogP contribution is 2.35. The molecule has 3 aliphatic heterocycles. The van der Waals surface area contributed by atoms with Crippen LogP contribution < -0.4 is 10.1 Å². The Hall–Kier alpha value is -3.20. The summed E-state index contributed by atoms with van der Waals surface area (Å²) < 4.78 is 8.55. The predicted molar refractivity (Wildman–Crippen MR) is 122 cm³/mol. The number of amides is 3. The van der Waals surface area contributed by atoms with E-state index in [0.29, 0.717) is 30.6 Å². The monoisotopic (exact) mass is 463 g/mol. The molecule has 178 valence electrons. The van der Waals surface area contributed by atoms with Crippen molar-refractivity contribution in [1.29, 1.82) is 0 Å². The Balaban J connectivity index is 1.13. The number of imide groups is 1. The number of likely N-dealkylation sites (tertiary alicyclic amines) is 1. The van der Waals surface area contributed by atoms with Crippen LogP contribution in [-0.2, 0) is 16.1 Å². The summed E-state index contributed by atoms with van der Waals surface area (Å²) in [5.74, 6) is -0.0438. The fourth-order valence-electron chi connectivity index (χ4n) is 5.85. The number of carbonyl (C=O) groups excluding carboxylic acids is 3. The van der Waals surface area contributed by atoms with Crippen molar-refractivity contribution < 1.29 is 19.1 Å². The normalized spacial score (nSPS) is 27.9. The van der Waals surface area contributed by atoms with Crippen LogP contribution in [0.3, 0.4) is 0 Å². The van der Waals surface area contributed by atoms with Crippen molar-refractivity contribution in [2.45, 2.75) is 69.3 Å². The van der Waals surface area contributed by atoms with E-state index in [9.17, 15) is 14.4 Å². The summed E-state index contributed by atoms with van der Waals surface area (Å²) in [6.45, 7) is 2.35. The van der Waals surface area contributed by atoms with Gasteiger partial charge in [0.05, 0.1) is 6.04 Å². The van der Waals surface area contributed by atoms with Gasteiger partial charge in [-0.25, -0.2) is 0 Å². The van der Waals surface area contributed by atoms with E-state index in [-0.39, 0.29) is 30.2 Å². The highest BCUT2D eigenvalue weighted by molar-refractivity contribution is 6.05. The number of nitrogens with one attached hydrogen (secondary N) is 1. The highest BCUT2D eigenvalue weighted by atomic mass is 16.5. The zero-order valence-corrected chi connectivity index (χ0v) is 19.1. The van der Waals surface area contributed by atoms with Crippen molar-refractivity contribution in [2.24, 2.45) is 0 Å². The largest absolute Gasteiger partial charge is 0.489 e. The molecule has 6 rings (SSSR count). The standard InChI is InChI=1S/C25H29N5O4/c31-23-9-8-21(24(32)27-23)29-13-16-12-18(6-7-19(16)25(29)33)34-22-5-2-1-4-20(22)28-14-17(15-28)30-11-3-10-26-30/h3,6-7,10-12,17,20-22H,1-2,4-5,8-9,13-15H2,(H,27,31,32)/t20-,21?,22-/m1/s1. The van der Waals surface area contributed by atoms with Gasteiger partial charge in [-0.2, -0.15) is 5.10 Å². The van der Waals surface area contributed by atoms with Gasteiger partial charge >= 0.3 is 0 Å². The summed E-state index contributed by atoms with van der Waals surface area (Å²) in [5, 5.41) is 6.73. The topological polar surface area (TPSA) is 96.8 Å². The Morgan fingerprint density at radius 3 is 2.71 bits per heavy atom. The molecule has 9 heteroatoms. The van der Waals surface area contributed by atoms with Gasteiger partial charge in [-0.3, -0.25) is 29.3 Å². The van der Waals surface area contributed by atoms with Crippen LogP contribution in [0.5, 0.6) is 5.75 Å². The molecule has 4 aliphatic rings. The first-order chi connectivity index (χ1) is 16.6. The molecular formula is C25H29N5O4. The van der Waals surface area contributed by atoms with Crippen LogP contribution in [0.1, 0.15) is 60.5 Å². The van der Waals surface area contributed by atoms with Crippen molar-refractivity contribution in [3.05, 3.63) is 47.8 Å². The lowest BCUT2D eigenvalue weighted by Crippen LogP contribution is -2.58. The highest BCUT2D eigenvalue weighted by Gasteiger charge is 2.41. The maximum absolute atomic E-state index is 12.9. The maximum Gasteiger partial charge on any atom is 0.255 e. The quantitative estimate of drug-likeness (QED) is 0.681. The third-order valence-corrected chi connectivity index (χ3v) is 7.71. The Morgan fingerprint density at radius 2 is 1.91 bits per heavy atom. The van der Waals surface area contributed by atoms with Gasteiger partial charge in [0, 0.05) is 50.1 Å². The first-order valence-corrected chi connectivity index (χ1v) is 12.2. The summed E-state index contributed by atoms with van der Waals surface area (Å²) in [5.41, 5.74) is 1.49. The number of fused-ring (bicyclic) bond motifs is 1. The van der Waals surface area contributed by atoms with Crippen molar-refractivity contribution in [1.82, 2.24) is 24.9 Å². The average Bonchev–Trinajstić information content (AvgIpc) is 3.42. The van der Waals surface area contributed by atoms with Crippen LogP contribution in [0.4, 0.5) is 0 Å². The van der Waals surface area contributed by atoms with E-state index in [4.69, 9.17) is 4.74 Å². The minimum absolute atomic E-state index is 0.119. The number of carbonyl (C=O) groups is 3. The molecule has 3 amide bonds. The zero-order chi connectivity index (χ0) is 23.2. The molecule has 1 N–H and O–H groups in total. The molecule has 2 saturated heterocycles. The van der Waals surface area contributed by atoms with Crippen molar-refractivity contribution in [2.75, 3.05) is 13.1 Å². The number of hydrogen-bond acceptors (Lipinski definition) is 6. The minimum atomic E-state index is -0.598. The van der Waals surface area contributed by atoms with Crippen LogP contribution in [-0.4, -0.2) is 68.6 Å². The molecule has 9 nitrogen and oxygen atoms in total. The number of hydrogen-bond donors (Lipinski definition) is 1. The van der Waals surface area contributed by atoms with Gasteiger partial charge in [0.1, 0.15) is 17.9 Å². The minimum Gasteiger partial charge on any atom is -0.489 e. The predicted octanol–water partition coefficient (Wildman–Crippen LogP) is 1.89. The summed E-state index contributed by atoms with van der Waals surface area (Å²) in [6.07, 6.45) is 9.12. The number of aromatic nitrogens is 2. The fourth-order valence-corrected chi connectivity index (χ4v) is 5.85. The van der Waals surface area contributed by atoms with E-state index in [1.54, 1.807) is 4.90 Å². The molecule has 0 radical (unpaired) electrons. The fraction of sp³-hybridized carbons (Fsp3) is 0.520. The van der Waals surface area contributed by atoms with Crippen LogP contribution >= 0.6 is 0 Å². The van der Waals surface area contributed by atoms with Crippen LogP contribution in [0, 0.1) is 0 Å². The second kappa shape index (κ2) is 8.54. The van der Waals surface area contributed by atoms with Crippen molar-refractivity contribution >= 4 is 17.7 Å². The Bertz CT molecular complexity index is 1110. The summed E-state index contributed by atoms with van der Waals surface area (Å²) in [4.78, 5) is 40.8. The molecule has 1 saturated carbocycles. The molecule has 1 aromatic carbocycles. The first kappa shape index (κ1) is 21.3. The van der Waals surface area contributed by atoms with Gasteiger partial charge in [0.2, 0.25) is 11.8 Å². The first-order valence-electron chi connectivity index (χ1n) is 12.2. The van der Waals surface area contributed by atoms with E-state index in [1.807, 2.05) is 41.3 Å². The molecular weight excluding hydrogens is 434 g/mol. The molecule has 4 heterocycles. The molecule has 0 spiro atoms. The molecule has 34 heavy (non-hydrogen) atoms. The molecule has 1 unspecified atom stereocenters. The third-order valence-electron chi connectivity index (χ3n) is 7.71. The smallest absolute Gasteiger partial charge is 0.255 e. The van der Waals surface area contributed by atoms with Gasteiger partial charge in [-0.15, -0.1) is 0 Å². The molecule has 3 fully saturated rings. The van der Waals surface area contributed by atoms with E-state index >= 15 is 0 Å². The molecule has 1 aromatic heterocycles. The summed E-state index contributed by atoms with van der Waals surface area (Å²) >= 11 is 0. The number of ether oxygens (including phenoxy) is 1. The van der Waals surface area contributed by atoms with Gasteiger partial charge in [0.25, 0.3) is 5.91 Å². The van der Waals surface area contributed by atoms with E-state index < -0.39 is 6.04 Å². The Labute approximate surface area is 198 Å². The molecule has 1 aliphatic carbocycles. The SMILES string of the molecule is O=C1CCC(N2Cc3cc(O[C@@H]4CCCC[C@H]4N4CC(n5cccn5)C4)ccc3C2=O)C(=O)N1. The van der Waals surface area contributed by atoms with E-state index in [1.165, 1.54) is 6.42 Å². The van der Waals surface area contributed by atoms with E-state index in [0.717, 1.165) is 43.7 Å². The van der Waals surface area contributed by atoms with Crippen LogP contribution in [0.2, 0.25) is 0 Å².